The maximum atomic E-state index is 12.5. The summed E-state index contributed by atoms with van der Waals surface area (Å²) in [5, 5.41) is 3.20. The third-order valence-corrected chi connectivity index (χ3v) is 5.22. The Labute approximate surface area is 163 Å². The largest absolute Gasteiger partial charge is 0.369 e. The van der Waals surface area contributed by atoms with Gasteiger partial charge in [-0.1, -0.05) is 42.8 Å². The van der Waals surface area contributed by atoms with Gasteiger partial charge in [0.15, 0.2) is 5.96 Å². The first-order valence-corrected chi connectivity index (χ1v) is 9.07. The van der Waals surface area contributed by atoms with Crippen LogP contribution >= 0.6 is 11.6 Å². The van der Waals surface area contributed by atoms with Crippen molar-refractivity contribution in [3.63, 3.8) is 0 Å². The predicted molar refractivity (Wildman–Crippen MR) is 106 cm³/mol. The van der Waals surface area contributed by atoms with Crippen LogP contribution in [0.3, 0.4) is 0 Å². The zero-order chi connectivity index (χ0) is 19.6. The van der Waals surface area contributed by atoms with Gasteiger partial charge in [-0.15, -0.1) is 0 Å². The van der Waals surface area contributed by atoms with Crippen LogP contribution in [-0.2, 0) is 10.3 Å². The van der Waals surface area contributed by atoms with Crippen molar-refractivity contribution in [1.29, 1.82) is 0 Å². The first-order valence-electron chi connectivity index (χ1n) is 8.69. The minimum atomic E-state index is -0.736. The summed E-state index contributed by atoms with van der Waals surface area (Å²) in [7, 11) is 1.61. The molecule has 0 saturated carbocycles. The fourth-order valence-electron chi connectivity index (χ4n) is 3.15. The number of amides is 3. The van der Waals surface area contributed by atoms with Gasteiger partial charge in [-0.05, 0) is 30.2 Å². The second kappa shape index (κ2) is 7.44. The van der Waals surface area contributed by atoms with E-state index in [1.54, 1.807) is 25.3 Å². The van der Waals surface area contributed by atoms with Crippen molar-refractivity contribution in [2.75, 3.05) is 18.9 Å². The molecule has 2 aliphatic rings. The molecule has 27 heavy (non-hydrogen) atoms. The number of urea groups is 1. The van der Waals surface area contributed by atoms with Crippen LogP contribution in [0.1, 0.15) is 25.3 Å². The Morgan fingerprint density at radius 2 is 2.22 bits per heavy atom. The topological polar surface area (TPSA) is 91.0 Å². The Morgan fingerprint density at radius 1 is 1.44 bits per heavy atom. The van der Waals surface area contributed by atoms with Crippen LogP contribution in [0.15, 0.2) is 52.6 Å². The molecule has 0 spiro atoms. The number of anilines is 1. The molecule has 1 aromatic carbocycles. The molecule has 3 amide bonds. The van der Waals surface area contributed by atoms with E-state index in [1.165, 1.54) is 9.80 Å². The monoisotopic (exact) mass is 387 g/mol. The Morgan fingerprint density at radius 3 is 2.89 bits per heavy atom. The van der Waals surface area contributed by atoms with E-state index < -0.39 is 5.54 Å². The molecule has 0 saturated heterocycles. The van der Waals surface area contributed by atoms with E-state index in [2.05, 4.69) is 10.3 Å². The lowest BCUT2D eigenvalue weighted by Gasteiger charge is -2.36. The van der Waals surface area contributed by atoms with Crippen molar-refractivity contribution in [3.05, 3.63) is 53.2 Å². The highest BCUT2D eigenvalue weighted by Crippen LogP contribution is 2.37. The predicted octanol–water partition coefficient (Wildman–Crippen LogP) is 2.95. The second-order valence-electron chi connectivity index (χ2n) is 6.52. The molecule has 0 bridgehead atoms. The van der Waals surface area contributed by atoms with Gasteiger partial charge in [-0.2, -0.15) is 0 Å². The number of hydrogen-bond donors (Lipinski definition) is 2. The fraction of sp³-hybridized carbons (Fsp3) is 0.316. The average Bonchev–Trinajstić information content (AvgIpc) is 2.66. The van der Waals surface area contributed by atoms with Crippen LogP contribution in [0.25, 0.3) is 0 Å². The quantitative estimate of drug-likeness (QED) is 0.781. The molecule has 1 atom stereocenters. The van der Waals surface area contributed by atoms with Gasteiger partial charge in [0.2, 0.25) is 5.91 Å². The summed E-state index contributed by atoms with van der Waals surface area (Å²) in [5.74, 6) is 0.107. The van der Waals surface area contributed by atoms with Crippen molar-refractivity contribution in [2.45, 2.75) is 25.3 Å². The van der Waals surface area contributed by atoms with E-state index in [0.29, 0.717) is 23.8 Å². The van der Waals surface area contributed by atoms with Crippen molar-refractivity contribution in [1.82, 2.24) is 9.80 Å². The summed E-state index contributed by atoms with van der Waals surface area (Å²) in [4.78, 5) is 32.2. The van der Waals surface area contributed by atoms with Crippen molar-refractivity contribution in [2.24, 2.45) is 10.7 Å². The SMILES string of the molecule is CC[C@@]1(c2cccc(NC(=O)N3CC=CC=C3Cl)c2)CC(=O)N(C)C(N)=N1. The Kier molecular flexibility index (Phi) is 5.23. The maximum absolute atomic E-state index is 12.5. The van der Waals surface area contributed by atoms with Crippen LogP contribution in [-0.4, -0.2) is 41.3 Å². The van der Waals surface area contributed by atoms with E-state index in [4.69, 9.17) is 17.3 Å². The molecule has 2 aliphatic heterocycles. The normalized spacial score (nSPS) is 22.4. The van der Waals surface area contributed by atoms with Gasteiger partial charge in [0.25, 0.3) is 0 Å². The number of benzene rings is 1. The molecule has 3 N–H and O–H groups in total. The molecule has 8 heteroatoms. The minimum absolute atomic E-state index is 0.0872. The molecule has 0 aliphatic carbocycles. The van der Waals surface area contributed by atoms with Gasteiger partial charge >= 0.3 is 6.03 Å². The Balaban J connectivity index is 1.87. The van der Waals surface area contributed by atoms with Crippen LogP contribution in [0, 0.1) is 0 Å². The lowest BCUT2D eigenvalue weighted by atomic mass is 9.83. The molecule has 0 fully saturated rings. The van der Waals surface area contributed by atoms with Gasteiger partial charge < -0.3 is 11.1 Å². The number of nitrogens with zero attached hydrogens (tertiary/aromatic N) is 3. The summed E-state index contributed by atoms with van der Waals surface area (Å²) < 4.78 is 0. The second-order valence-corrected chi connectivity index (χ2v) is 6.91. The molecule has 3 rings (SSSR count). The fourth-order valence-corrected chi connectivity index (χ4v) is 3.37. The molecule has 1 aromatic rings. The van der Waals surface area contributed by atoms with Crippen molar-refractivity contribution in [3.8, 4) is 0 Å². The van der Waals surface area contributed by atoms with E-state index in [9.17, 15) is 9.59 Å². The average molecular weight is 388 g/mol. The smallest absolute Gasteiger partial charge is 0.327 e. The standard InChI is InChI=1S/C19H22ClN5O2/c1-3-19(12-16(26)24(2)17(21)23-19)13-7-6-8-14(11-13)22-18(27)25-10-5-4-9-15(25)20/h4-9,11H,3,10,12H2,1-2H3,(H2,21,23)(H,22,27)/t19-/m0/s1. The van der Waals surface area contributed by atoms with Gasteiger partial charge in [0.1, 0.15) is 5.16 Å². The molecule has 7 nitrogen and oxygen atoms in total. The van der Waals surface area contributed by atoms with E-state index in [0.717, 1.165) is 5.56 Å². The van der Waals surface area contributed by atoms with Crippen LogP contribution in [0.2, 0.25) is 0 Å². The number of hydrogen-bond acceptors (Lipinski definition) is 4. The highest BCUT2D eigenvalue weighted by atomic mass is 35.5. The Hall–Kier alpha value is -2.80. The van der Waals surface area contributed by atoms with E-state index in [-0.39, 0.29) is 24.3 Å². The number of carbonyl (C=O) groups excluding carboxylic acids is 2. The summed E-state index contributed by atoms with van der Waals surface area (Å²) in [5.41, 5.74) is 6.63. The van der Waals surface area contributed by atoms with Gasteiger partial charge in [-0.25, -0.2) is 9.79 Å². The summed E-state index contributed by atoms with van der Waals surface area (Å²) in [6, 6.07) is 7.00. The first kappa shape index (κ1) is 19.0. The molecular formula is C19H22ClN5O2. The summed E-state index contributed by atoms with van der Waals surface area (Å²) in [6.07, 6.45) is 6.14. The minimum Gasteiger partial charge on any atom is -0.369 e. The highest BCUT2D eigenvalue weighted by Gasteiger charge is 2.38. The molecule has 142 valence electrons. The van der Waals surface area contributed by atoms with Gasteiger partial charge in [0.05, 0.1) is 12.0 Å². The Bertz CT molecular complexity index is 863. The molecule has 0 aromatic heterocycles. The van der Waals surface area contributed by atoms with E-state index in [1.807, 2.05) is 31.2 Å². The first-order chi connectivity index (χ1) is 12.9. The van der Waals surface area contributed by atoms with E-state index >= 15 is 0 Å². The number of guanidine groups is 1. The summed E-state index contributed by atoms with van der Waals surface area (Å²) >= 11 is 6.09. The zero-order valence-corrected chi connectivity index (χ0v) is 16.0. The third kappa shape index (κ3) is 3.68. The van der Waals surface area contributed by atoms with Gasteiger partial charge in [-0.3, -0.25) is 14.6 Å². The maximum Gasteiger partial charge on any atom is 0.327 e. The van der Waals surface area contributed by atoms with Crippen LogP contribution < -0.4 is 11.1 Å². The third-order valence-electron chi connectivity index (χ3n) is 4.89. The van der Waals surface area contributed by atoms with Gasteiger partial charge in [0, 0.05) is 19.3 Å². The molecule has 0 radical (unpaired) electrons. The van der Waals surface area contributed by atoms with Crippen LogP contribution in [0.4, 0.5) is 10.5 Å². The van der Waals surface area contributed by atoms with Crippen LogP contribution in [0.5, 0.6) is 0 Å². The number of nitrogens with one attached hydrogen (secondary N) is 1. The molecule has 0 unspecified atom stereocenters. The number of allylic oxidation sites excluding steroid dienone is 2. The number of aliphatic imine (C=N–C) groups is 1. The number of carbonyl (C=O) groups is 2. The lowest BCUT2D eigenvalue weighted by Crippen LogP contribution is -2.48. The number of halogens is 1. The van der Waals surface area contributed by atoms with Crippen molar-refractivity contribution >= 4 is 35.2 Å². The molecule has 2 heterocycles. The lowest BCUT2D eigenvalue weighted by molar-refractivity contribution is -0.128. The van der Waals surface area contributed by atoms with Crippen molar-refractivity contribution < 1.29 is 9.59 Å². The number of rotatable bonds is 3. The summed E-state index contributed by atoms with van der Waals surface area (Å²) in [6.45, 7) is 2.37. The zero-order valence-electron chi connectivity index (χ0n) is 15.3. The highest BCUT2D eigenvalue weighted by molar-refractivity contribution is 6.30. The number of nitrogens with two attached hydrogens (primary N) is 1. The molecular weight excluding hydrogens is 366 g/mol.